The van der Waals surface area contributed by atoms with Gasteiger partial charge in [0.25, 0.3) is 0 Å². The van der Waals surface area contributed by atoms with E-state index < -0.39 is 11.9 Å². The Bertz CT molecular complexity index is 291. The monoisotopic (exact) mass is 241 g/mol. The van der Waals surface area contributed by atoms with Crippen molar-refractivity contribution in [3.8, 4) is 0 Å². The minimum absolute atomic E-state index is 0.0746. The van der Waals surface area contributed by atoms with Crippen LogP contribution in [0.5, 0.6) is 0 Å². The van der Waals surface area contributed by atoms with Crippen molar-refractivity contribution in [1.29, 1.82) is 0 Å². The maximum Gasteiger partial charge on any atom is 0.240 e. The summed E-state index contributed by atoms with van der Waals surface area (Å²) in [6, 6.07) is -0.652. The fourth-order valence-electron chi connectivity index (χ4n) is 2.23. The smallest absolute Gasteiger partial charge is 0.240 e. The zero-order chi connectivity index (χ0) is 13.0. The number of carbonyl (C=O) groups is 2. The molecule has 0 aromatic heterocycles. The Hall–Kier alpha value is -1.10. The third-order valence-corrected chi connectivity index (χ3v) is 3.19. The van der Waals surface area contributed by atoms with E-state index in [-0.39, 0.29) is 11.9 Å². The van der Waals surface area contributed by atoms with Gasteiger partial charge in [-0.2, -0.15) is 0 Å². The van der Waals surface area contributed by atoms with Gasteiger partial charge in [0.05, 0.1) is 6.04 Å². The van der Waals surface area contributed by atoms with E-state index in [2.05, 4.69) is 5.32 Å². The van der Waals surface area contributed by atoms with Crippen LogP contribution in [0.3, 0.4) is 0 Å². The zero-order valence-electron chi connectivity index (χ0n) is 10.9. The van der Waals surface area contributed by atoms with E-state index in [0.717, 1.165) is 19.4 Å². The number of likely N-dealkylation sites (tertiary alicyclic amines) is 1. The van der Waals surface area contributed by atoms with Crippen molar-refractivity contribution in [2.75, 3.05) is 13.6 Å². The van der Waals surface area contributed by atoms with Crippen LogP contribution < -0.4 is 11.1 Å². The van der Waals surface area contributed by atoms with Gasteiger partial charge >= 0.3 is 0 Å². The average molecular weight is 241 g/mol. The molecule has 0 aromatic rings. The topological polar surface area (TPSA) is 75.4 Å². The molecule has 2 unspecified atom stereocenters. The van der Waals surface area contributed by atoms with Gasteiger partial charge in [-0.1, -0.05) is 13.8 Å². The highest BCUT2D eigenvalue weighted by molar-refractivity contribution is 5.89. The first-order valence-electron chi connectivity index (χ1n) is 6.21. The summed E-state index contributed by atoms with van der Waals surface area (Å²) >= 11 is 0. The molecule has 0 spiro atoms. The summed E-state index contributed by atoms with van der Waals surface area (Å²) in [4.78, 5) is 25.3. The lowest BCUT2D eigenvalue weighted by Gasteiger charge is -2.23. The number of nitrogens with two attached hydrogens (primary N) is 1. The third kappa shape index (κ3) is 4.00. The normalized spacial score (nSPS) is 22.7. The number of nitrogens with one attached hydrogen (secondary N) is 1. The van der Waals surface area contributed by atoms with Crippen molar-refractivity contribution in [2.24, 2.45) is 11.7 Å². The van der Waals surface area contributed by atoms with Crippen LogP contribution in [0.25, 0.3) is 0 Å². The molecular weight excluding hydrogens is 218 g/mol. The highest BCUT2D eigenvalue weighted by Gasteiger charge is 2.30. The second-order valence-corrected chi connectivity index (χ2v) is 5.23. The summed E-state index contributed by atoms with van der Waals surface area (Å²) in [6.07, 6.45) is 2.48. The fraction of sp³-hybridized carbons (Fsp3) is 0.833. The van der Waals surface area contributed by atoms with E-state index in [1.807, 2.05) is 25.8 Å². The molecule has 0 saturated carbocycles. The SMILES string of the molecule is CC(C)CC(NC(=O)C1CCCN1C)C(N)=O. The summed E-state index contributed by atoms with van der Waals surface area (Å²) in [5, 5.41) is 2.76. The lowest BCUT2D eigenvalue weighted by molar-refractivity contribution is -0.130. The summed E-state index contributed by atoms with van der Waals surface area (Å²) in [7, 11) is 1.93. The second kappa shape index (κ2) is 6.00. The quantitative estimate of drug-likeness (QED) is 0.716. The molecule has 1 heterocycles. The molecule has 0 aromatic carbocycles. The predicted molar refractivity (Wildman–Crippen MR) is 66.2 cm³/mol. The summed E-state index contributed by atoms with van der Waals surface area (Å²) in [5.41, 5.74) is 5.30. The minimum atomic E-state index is -0.545. The maximum absolute atomic E-state index is 12.0. The second-order valence-electron chi connectivity index (χ2n) is 5.23. The summed E-state index contributed by atoms with van der Waals surface area (Å²) in [6.45, 7) is 4.94. The van der Waals surface area contributed by atoms with Crippen molar-refractivity contribution in [3.63, 3.8) is 0 Å². The van der Waals surface area contributed by atoms with E-state index in [4.69, 9.17) is 5.73 Å². The summed E-state index contributed by atoms with van der Waals surface area (Å²) < 4.78 is 0. The van der Waals surface area contributed by atoms with Crippen molar-refractivity contribution in [2.45, 2.75) is 45.2 Å². The molecule has 2 amide bonds. The van der Waals surface area contributed by atoms with Crippen LogP contribution in [0, 0.1) is 5.92 Å². The first-order chi connectivity index (χ1) is 7.91. The third-order valence-electron chi connectivity index (χ3n) is 3.19. The van der Waals surface area contributed by atoms with Gasteiger partial charge in [0.1, 0.15) is 6.04 Å². The molecule has 1 aliphatic rings. The van der Waals surface area contributed by atoms with Gasteiger partial charge in [-0.3, -0.25) is 14.5 Å². The molecule has 0 radical (unpaired) electrons. The van der Waals surface area contributed by atoms with Crippen molar-refractivity contribution in [3.05, 3.63) is 0 Å². The number of primary amides is 1. The van der Waals surface area contributed by atoms with E-state index in [1.165, 1.54) is 0 Å². The van der Waals surface area contributed by atoms with Gasteiger partial charge in [0, 0.05) is 0 Å². The number of rotatable bonds is 5. The number of carbonyl (C=O) groups excluding carboxylic acids is 2. The molecule has 5 heteroatoms. The predicted octanol–water partition coefficient (Wildman–Crippen LogP) is 0.0968. The first kappa shape index (κ1) is 14.0. The van der Waals surface area contributed by atoms with Crippen molar-refractivity contribution >= 4 is 11.8 Å². The van der Waals surface area contributed by atoms with Crippen molar-refractivity contribution < 1.29 is 9.59 Å². The average Bonchev–Trinajstić information content (AvgIpc) is 2.62. The van der Waals surface area contributed by atoms with Crippen LogP contribution in [0.15, 0.2) is 0 Å². The minimum Gasteiger partial charge on any atom is -0.368 e. The Labute approximate surface area is 103 Å². The van der Waals surface area contributed by atoms with Gasteiger partial charge < -0.3 is 11.1 Å². The van der Waals surface area contributed by atoms with Gasteiger partial charge in [-0.05, 0) is 38.8 Å². The molecule has 1 saturated heterocycles. The highest BCUT2D eigenvalue weighted by Crippen LogP contribution is 2.15. The maximum atomic E-state index is 12.0. The van der Waals surface area contributed by atoms with Crippen LogP contribution in [0.2, 0.25) is 0 Å². The number of amides is 2. The zero-order valence-corrected chi connectivity index (χ0v) is 10.9. The molecular formula is C12H23N3O2. The molecule has 3 N–H and O–H groups in total. The number of hydrogen-bond donors (Lipinski definition) is 2. The Balaban J connectivity index is 2.54. The van der Waals surface area contributed by atoms with Gasteiger partial charge in [-0.15, -0.1) is 0 Å². The lowest BCUT2D eigenvalue weighted by atomic mass is 10.0. The van der Waals surface area contributed by atoms with E-state index >= 15 is 0 Å². The number of nitrogens with zero attached hydrogens (tertiary/aromatic N) is 1. The molecule has 98 valence electrons. The molecule has 0 bridgehead atoms. The Kier molecular flexibility index (Phi) is 4.93. The molecule has 17 heavy (non-hydrogen) atoms. The summed E-state index contributed by atoms with van der Waals surface area (Å²) in [5.74, 6) is -0.198. The Morgan fingerprint density at radius 1 is 1.47 bits per heavy atom. The molecule has 1 aliphatic heterocycles. The molecule has 0 aliphatic carbocycles. The molecule has 2 atom stereocenters. The van der Waals surface area contributed by atoms with E-state index in [9.17, 15) is 9.59 Å². The first-order valence-corrected chi connectivity index (χ1v) is 6.21. The van der Waals surface area contributed by atoms with Gasteiger partial charge in [0.2, 0.25) is 11.8 Å². The van der Waals surface area contributed by atoms with Gasteiger partial charge in [-0.25, -0.2) is 0 Å². The Morgan fingerprint density at radius 2 is 2.12 bits per heavy atom. The number of hydrogen-bond acceptors (Lipinski definition) is 3. The van der Waals surface area contributed by atoms with Crippen LogP contribution >= 0.6 is 0 Å². The standard InChI is InChI=1S/C12H23N3O2/c1-8(2)7-9(11(13)16)14-12(17)10-5-4-6-15(10)3/h8-10H,4-7H2,1-3H3,(H2,13,16)(H,14,17). The van der Waals surface area contributed by atoms with Gasteiger partial charge in [0.15, 0.2) is 0 Å². The largest absolute Gasteiger partial charge is 0.368 e. The fourth-order valence-corrected chi connectivity index (χ4v) is 2.23. The van der Waals surface area contributed by atoms with Crippen LogP contribution in [0.4, 0.5) is 0 Å². The van der Waals surface area contributed by atoms with Crippen LogP contribution in [-0.4, -0.2) is 42.4 Å². The van der Waals surface area contributed by atoms with Crippen LogP contribution in [-0.2, 0) is 9.59 Å². The Morgan fingerprint density at radius 3 is 2.53 bits per heavy atom. The van der Waals surface area contributed by atoms with Crippen LogP contribution in [0.1, 0.15) is 33.1 Å². The molecule has 5 nitrogen and oxygen atoms in total. The van der Waals surface area contributed by atoms with E-state index in [0.29, 0.717) is 12.3 Å². The lowest BCUT2D eigenvalue weighted by Crippen LogP contribution is -2.50. The molecule has 1 rings (SSSR count). The highest BCUT2D eigenvalue weighted by atomic mass is 16.2. The van der Waals surface area contributed by atoms with Crippen molar-refractivity contribution in [1.82, 2.24) is 10.2 Å². The number of likely N-dealkylation sites (N-methyl/N-ethyl adjacent to an activating group) is 1. The molecule has 1 fully saturated rings. The van der Waals surface area contributed by atoms with E-state index in [1.54, 1.807) is 0 Å².